The number of carbonyl (C=O) groups is 1. The van der Waals surface area contributed by atoms with Gasteiger partial charge < -0.3 is 5.32 Å². The smallest absolute Gasteiger partial charge is 0.352 e. The summed E-state index contributed by atoms with van der Waals surface area (Å²) in [5.41, 5.74) is -0.141. The Labute approximate surface area is 142 Å². The van der Waals surface area contributed by atoms with E-state index in [0.717, 1.165) is 17.0 Å². The molecule has 0 heterocycles. The fraction of sp³-hybridized carbons (Fsp3) is 0.167. The van der Waals surface area contributed by atoms with Crippen LogP contribution in [0.2, 0.25) is 0 Å². The molecule has 126 valence electrons. The van der Waals surface area contributed by atoms with Crippen LogP contribution in [0.1, 0.15) is 11.1 Å². The zero-order chi connectivity index (χ0) is 17.4. The van der Waals surface area contributed by atoms with Crippen LogP contribution in [0.3, 0.4) is 0 Å². The highest BCUT2D eigenvalue weighted by atomic mass is 32.2. The third-order valence-corrected chi connectivity index (χ3v) is 3.95. The highest BCUT2D eigenvalue weighted by Crippen LogP contribution is 2.29. The predicted octanol–water partition coefficient (Wildman–Crippen LogP) is 4.67. The lowest BCUT2D eigenvalue weighted by molar-refractivity contribution is -0.137. The van der Waals surface area contributed by atoms with Gasteiger partial charge in [-0.1, -0.05) is 48.2 Å². The number of hydrogen-bond donors (Lipinski definition) is 1. The largest absolute Gasteiger partial charge is 0.416 e. The van der Waals surface area contributed by atoms with Gasteiger partial charge in [0.15, 0.2) is 0 Å². The van der Waals surface area contributed by atoms with Crippen molar-refractivity contribution < 1.29 is 18.0 Å². The number of amides is 1. The first-order valence-electron chi connectivity index (χ1n) is 7.27. The van der Waals surface area contributed by atoms with Gasteiger partial charge in [-0.05, 0) is 35.6 Å². The number of benzene rings is 2. The van der Waals surface area contributed by atoms with Crippen LogP contribution in [0.25, 0.3) is 0 Å². The first-order valence-corrected chi connectivity index (χ1v) is 8.15. The van der Waals surface area contributed by atoms with Crippen molar-refractivity contribution in [1.82, 2.24) is 5.32 Å². The van der Waals surface area contributed by atoms with Crippen molar-refractivity contribution in [2.75, 3.05) is 6.54 Å². The number of halogens is 3. The van der Waals surface area contributed by atoms with Crippen molar-refractivity contribution in [2.45, 2.75) is 17.5 Å². The van der Waals surface area contributed by atoms with Gasteiger partial charge >= 0.3 is 6.18 Å². The third-order valence-electron chi connectivity index (χ3n) is 3.13. The lowest BCUT2D eigenvalue weighted by Gasteiger charge is -2.08. The maximum atomic E-state index is 12.6. The molecule has 6 heteroatoms. The second-order valence-corrected chi connectivity index (χ2v) is 5.95. The fourth-order valence-corrected chi connectivity index (χ4v) is 2.63. The van der Waals surface area contributed by atoms with Crippen LogP contribution in [-0.2, 0) is 17.4 Å². The zero-order valence-corrected chi connectivity index (χ0v) is 13.5. The molecule has 2 nitrogen and oxygen atoms in total. The molecule has 0 aliphatic heterocycles. The molecule has 2 aromatic rings. The van der Waals surface area contributed by atoms with Crippen LogP contribution < -0.4 is 5.32 Å². The van der Waals surface area contributed by atoms with Gasteiger partial charge in [0, 0.05) is 17.5 Å². The van der Waals surface area contributed by atoms with Gasteiger partial charge in [0.05, 0.1) is 5.56 Å². The molecule has 0 atom stereocenters. The Bertz CT molecular complexity index is 699. The topological polar surface area (TPSA) is 29.1 Å². The molecule has 0 bridgehead atoms. The van der Waals surface area contributed by atoms with Gasteiger partial charge in [-0.15, -0.1) is 0 Å². The maximum Gasteiger partial charge on any atom is 0.416 e. The lowest BCUT2D eigenvalue weighted by atomic mass is 10.1. The number of nitrogens with one attached hydrogen (secondary N) is 1. The second-order valence-electron chi connectivity index (χ2n) is 4.97. The molecule has 0 saturated carbocycles. The number of thioether (sulfide) groups is 1. The van der Waals surface area contributed by atoms with E-state index in [9.17, 15) is 18.0 Å². The molecule has 1 N–H and O–H groups in total. The Morgan fingerprint density at radius 1 is 1.08 bits per heavy atom. The molecule has 2 rings (SSSR count). The Morgan fingerprint density at radius 3 is 2.54 bits per heavy atom. The van der Waals surface area contributed by atoms with Crippen LogP contribution in [-0.4, -0.2) is 12.5 Å². The van der Waals surface area contributed by atoms with Crippen LogP contribution in [0.15, 0.2) is 71.0 Å². The highest BCUT2D eigenvalue weighted by molar-refractivity contribution is 8.02. The molecule has 0 aliphatic carbocycles. The lowest BCUT2D eigenvalue weighted by Crippen LogP contribution is -2.23. The van der Waals surface area contributed by atoms with Crippen molar-refractivity contribution in [3.63, 3.8) is 0 Å². The zero-order valence-electron chi connectivity index (χ0n) is 12.7. The van der Waals surface area contributed by atoms with E-state index in [0.29, 0.717) is 12.0 Å². The van der Waals surface area contributed by atoms with Gasteiger partial charge in [-0.3, -0.25) is 4.79 Å². The van der Waals surface area contributed by atoms with Crippen LogP contribution >= 0.6 is 11.8 Å². The summed E-state index contributed by atoms with van der Waals surface area (Å²) < 4.78 is 37.8. The molecule has 0 aromatic heterocycles. The molecule has 1 amide bonds. The molecule has 0 radical (unpaired) electrons. The Balaban J connectivity index is 1.76. The molecule has 0 unspecified atom stereocenters. The van der Waals surface area contributed by atoms with Crippen molar-refractivity contribution in [2.24, 2.45) is 0 Å². The quantitative estimate of drug-likeness (QED) is 0.605. The average Bonchev–Trinajstić information content (AvgIpc) is 2.55. The summed E-state index contributed by atoms with van der Waals surface area (Å²) in [7, 11) is 0. The normalized spacial score (nSPS) is 11.6. The first kappa shape index (κ1) is 18.1. The third kappa shape index (κ3) is 6.12. The Morgan fingerprint density at radius 2 is 1.83 bits per heavy atom. The van der Waals surface area contributed by atoms with Gasteiger partial charge in [-0.2, -0.15) is 13.2 Å². The van der Waals surface area contributed by atoms with Crippen molar-refractivity contribution in [3.05, 3.63) is 77.2 Å². The number of rotatable bonds is 6. The molecular formula is C18H16F3NOS. The molecule has 2 aromatic carbocycles. The summed E-state index contributed by atoms with van der Waals surface area (Å²) in [5.74, 6) is -0.273. The predicted molar refractivity (Wildman–Crippen MR) is 89.6 cm³/mol. The molecule has 24 heavy (non-hydrogen) atoms. The minimum atomic E-state index is -4.35. The van der Waals surface area contributed by atoms with Crippen molar-refractivity contribution >= 4 is 17.7 Å². The average molecular weight is 351 g/mol. The highest BCUT2D eigenvalue weighted by Gasteiger charge is 2.30. The van der Waals surface area contributed by atoms with E-state index in [1.54, 1.807) is 11.5 Å². The summed E-state index contributed by atoms with van der Waals surface area (Å²) in [6.45, 7) is 0.278. The van der Waals surface area contributed by atoms with Crippen molar-refractivity contribution in [1.29, 1.82) is 0 Å². The van der Waals surface area contributed by atoms with Gasteiger partial charge in [0.1, 0.15) is 0 Å². The number of carbonyl (C=O) groups excluding carboxylic acids is 1. The maximum absolute atomic E-state index is 12.6. The van der Waals surface area contributed by atoms with Crippen LogP contribution in [0.4, 0.5) is 13.2 Å². The Hall–Kier alpha value is -2.21. The van der Waals surface area contributed by atoms with E-state index >= 15 is 0 Å². The summed E-state index contributed by atoms with van der Waals surface area (Å²) in [6.07, 6.45) is -2.60. The number of hydrogen-bond acceptors (Lipinski definition) is 2. The SMILES string of the molecule is O=C(C=CSc1ccccc1)NCCc1cccc(C(F)(F)F)c1. The first-order chi connectivity index (χ1) is 11.4. The minimum absolute atomic E-state index is 0.273. The van der Waals surface area contributed by atoms with Gasteiger partial charge in [-0.25, -0.2) is 0 Å². The minimum Gasteiger partial charge on any atom is -0.352 e. The standard InChI is InChI=1S/C18H16F3NOS/c19-18(20,21)15-6-4-5-14(13-15)9-11-22-17(23)10-12-24-16-7-2-1-3-8-16/h1-8,10,12-13H,9,11H2,(H,22,23). The fourth-order valence-electron chi connectivity index (χ4n) is 1.97. The van der Waals surface area contributed by atoms with Gasteiger partial charge in [0.25, 0.3) is 0 Å². The van der Waals surface area contributed by atoms with E-state index in [4.69, 9.17) is 0 Å². The van der Waals surface area contributed by atoms with Crippen LogP contribution in [0.5, 0.6) is 0 Å². The second kappa shape index (κ2) is 8.59. The molecule has 0 fully saturated rings. The van der Waals surface area contributed by atoms with E-state index in [-0.39, 0.29) is 12.5 Å². The van der Waals surface area contributed by atoms with Crippen molar-refractivity contribution in [3.8, 4) is 0 Å². The molecule has 0 spiro atoms. The number of alkyl halides is 3. The molecular weight excluding hydrogens is 335 g/mol. The van der Waals surface area contributed by atoms with E-state index < -0.39 is 11.7 Å². The van der Waals surface area contributed by atoms with E-state index in [2.05, 4.69) is 5.32 Å². The summed E-state index contributed by atoms with van der Waals surface area (Å²) in [6, 6.07) is 14.7. The Kier molecular flexibility index (Phi) is 6.49. The van der Waals surface area contributed by atoms with Gasteiger partial charge in [0.2, 0.25) is 5.91 Å². The molecule has 0 aliphatic rings. The summed E-state index contributed by atoms with van der Waals surface area (Å²) >= 11 is 1.42. The monoisotopic (exact) mass is 351 g/mol. The van der Waals surface area contributed by atoms with E-state index in [1.165, 1.54) is 23.9 Å². The summed E-state index contributed by atoms with van der Waals surface area (Å²) in [4.78, 5) is 12.7. The summed E-state index contributed by atoms with van der Waals surface area (Å²) in [5, 5.41) is 4.33. The van der Waals surface area contributed by atoms with E-state index in [1.807, 2.05) is 30.3 Å². The van der Waals surface area contributed by atoms with Crippen LogP contribution in [0, 0.1) is 0 Å². The molecule has 0 saturated heterocycles.